The summed E-state index contributed by atoms with van der Waals surface area (Å²) in [5.74, 6) is -0.217. The Morgan fingerprint density at radius 2 is 2.00 bits per heavy atom. The van der Waals surface area contributed by atoms with Crippen molar-refractivity contribution >= 4 is 5.69 Å². The number of aliphatic hydroxyl groups is 1. The monoisotopic (exact) mass is 265 g/mol. The van der Waals surface area contributed by atoms with Gasteiger partial charge in [0, 0.05) is 18.2 Å². The molecule has 1 aromatic carbocycles. The van der Waals surface area contributed by atoms with Crippen LogP contribution in [-0.4, -0.2) is 17.7 Å². The first-order valence-electron chi connectivity index (χ1n) is 7.38. The highest BCUT2D eigenvalue weighted by Crippen LogP contribution is 2.34. The van der Waals surface area contributed by atoms with Crippen molar-refractivity contribution in [1.29, 1.82) is 0 Å². The standard InChI is InChI=1S/C16H24FNO/c1-3-18(13-8-5-4-6-9-13)16-14(12(2)19)10-7-11-15(16)17/h7,10-13,19H,3-6,8-9H2,1-2H3. The summed E-state index contributed by atoms with van der Waals surface area (Å²) < 4.78 is 14.2. The van der Waals surface area contributed by atoms with Crippen molar-refractivity contribution in [3.63, 3.8) is 0 Å². The van der Waals surface area contributed by atoms with Gasteiger partial charge in [0.05, 0.1) is 11.8 Å². The summed E-state index contributed by atoms with van der Waals surface area (Å²) in [6, 6.07) is 5.41. The molecule has 0 saturated heterocycles. The van der Waals surface area contributed by atoms with Gasteiger partial charge in [0.1, 0.15) is 5.82 Å². The Bertz CT molecular complexity index is 413. The fourth-order valence-electron chi connectivity index (χ4n) is 3.16. The van der Waals surface area contributed by atoms with E-state index in [1.165, 1.54) is 25.3 Å². The van der Waals surface area contributed by atoms with E-state index in [1.54, 1.807) is 13.0 Å². The first-order chi connectivity index (χ1) is 9.15. The van der Waals surface area contributed by atoms with Gasteiger partial charge in [0.2, 0.25) is 0 Å². The molecule has 1 aliphatic rings. The number of rotatable bonds is 4. The van der Waals surface area contributed by atoms with Crippen LogP contribution in [0.25, 0.3) is 0 Å². The Morgan fingerprint density at radius 1 is 1.32 bits per heavy atom. The quantitative estimate of drug-likeness (QED) is 0.888. The summed E-state index contributed by atoms with van der Waals surface area (Å²) in [4.78, 5) is 2.15. The molecule has 0 spiro atoms. The minimum Gasteiger partial charge on any atom is -0.389 e. The van der Waals surface area contributed by atoms with Gasteiger partial charge in [-0.3, -0.25) is 0 Å². The van der Waals surface area contributed by atoms with E-state index < -0.39 is 6.10 Å². The Kier molecular flexibility index (Phi) is 4.81. The summed E-state index contributed by atoms with van der Waals surface area (Å²) in [6.45, 7) is 4.55. The zero-order valence-electron chi connectivity index (χ0n) is 11.9. The largest absolute Gasteiger partial charge is 0.389 e. The highest BCUT2D eigenvalue weighted by Gasteiger charge is 2.25. The molecule has 0 aromatic heterocycles. The third-order valence-electron chi connectivity index (χ3n) is 4.11. The predicted molar refractivity (Wildman–Crippen MR) is 76.9 cm³/mol. The van der Waals surface area contributed by atoms with Gasteiger partial charge in [-0.1, -0.05) is 31.4 Å². The second kappa shape index (κ2) is 6.38. The number of anilines is 1. The lowest BCUT2D eigenvalue weighted by Gasteiger charge is -2.37. The molecule has 0 radical (unpaired) electrons. The number of aliphatic hydroxyl groups excluding tert-OH is 1. The van der Waals surface area contributed by atoms with Crippen molar-refractivity contribution in [2.45, 2.75) is 58.1 Å². The molecule has 0 bridgehead atoms. The molecule has 1 aliphatic carbocycles. The van der Waals surface area contributed by atoms with E-state index in [2.05, 4.69) is 11.8 Å². The summed E-state index contributed by atoms with van der Waals surface area (Å²) in [7, 11) is 0. The van der Waals surface area contributed by atoms with Crippen LogP contribution in [0.5, 0.6) is 0 Å². The van der Waals surface area contributed by atoms with Gasteiger partial charge < -0.3 is 10.0 Å². The third-order valence-corrected chi connectivity index (χ3v) is 4.11. The van der Waals surface area contributed by atoms with Crippen LogP contribution in [0.15, 0.2) is 18.2 Å². The maximum absolute atomic E-state index is 14.2. The van der Waals surface area contributed by atoms with Gasteiger partial charge in [-0.05, 0) is 32.8 Å². The molecule has 0 amide bonds. The highest BCUT2D eigenvalue weighted by molar-refractivity contribution is 5.56. The Hall–Kier alpha value is -1.09. The zero-order chi connectivity index (χ0) is 13.8. The first kappa shape index (κ1) is 14.3. The molecule has 1 fully saturated rings. The van der Waals surface area contributed by atoms with Crippen molar-refractivity contribution in [2.24, 2.45) is 0 Å². The van der Waals surface area contributed by atoms with Crippen molar-refractivity contribution in [1.82, 2.24) is 0 Å². The number of hydrogen-bond donors (Lipinski definition) is 1. The topological polar surface area (TPSA) is 23.5 Å². The maximum atomic E-state index is 14.2. The normalized spacial score (nSPS) is 18.3. The average Bonchev–Trinajstić information content (AvgIpc) is 2.42. The van der Waals surface area contributed by atoms with Gasteiger partial charge in [0.15, 0.2) is 0 Å². The van der Waals surface area contributed by atoms with Crippen molar-refractivity contribution in [3.8, 4) is 0 Å². The highest BCUT2D eigenvalue weighted by atomic mass is 19.1. The molecule has 1 unspecified atom stereocenters. The fraction of sp³-hybridized carbons (Fsp3) is 0.625. The number of benzene rings is 1. The van der Waals surface area contributed by atoms with Crippen LogP contribution >= 0.6 is 0 Å². The smallest absolute Gasteiger partial charge is 0.146 e. The van der Waals surface area contributed by atoms with Gasteiger partial charge in [-0.25, -0.2) is 4.39 Å². The van der Waals surface area contributed by atoms with E-state index in [0.29, 0.717) is 17.3 Å². The summed E-state index contributed by atoms with van der Waals surface area (Å²) in [5.41, 5.74) is 1.30. The van der Waals surface area contributed by atoms with Gasteiger partial charge >= 0.3 is 0 Å². The second-order valence-electron chi connectivity index (χ2n) is 5.43. The van der Waals surface area contributed by atoms with Crippen LogP contribution < -0.4 is 4.90 Å². The van der Waals surface area contributed by atoms with Gasteiger partial charge in [-0.2, -0.15) is 0 Å². The fourth-order valence-corrected chi connectivity index (χ4v) is 3.16. The molecule has 2 nitrogen and oxygen atoms in total. The van der Waals surface area contributed by atoms with E-state index in [1.807, 2.05) is 6.07 Å². The molecular formula is C16H24FNO. The Balaban J connectivity index is 2.36. The number of para-hydroxylation sites is 1. The summed E-state index contributed by atoms with van der Waals surface area (Å²) in [6.07, 6.45) is 5.35. The average molecular weight is 265 g/mol. The zero-order valence-corrected chi connectivity index (χ0v) is 11.9. The van der Waals surface area contributed by atoms with E-state index in [-0.39, 0.29) is 5.82 Å². The lowest BCUT2D eigenvalue weighted by Crippen LogP contribution is -2.38. The van der Waals surface area contributed by atoms with Crippen LogP contribution in [-0.2, 0) is 0 Å². The predicted octanol–water partition coefficient (Wildman–Crippen LogP) is 4.04. The third kappa shape index (κ3) is 3.08. The van der Waals surface area contributed by atoms with Gasteiger partial charge in [-0.15, -0.1) is 0 Å². The maximum Gasteiger partial charge on any atom is 0.146 e. The van der Waals surface area contributed by atoms with Crippen molar-refractivity contribution < 1.29 is 9.50 Å². The molecule has 1 N–H and O–H groups in total. The lowest BCUT2D eigenvalue weighted by atomic mass is 9.93. The van der Waals surface area contributed by atoms with Crippen LogP contribution in [0, 0.1) is 5.82 Å². The van der Waals surface area contributed by atoms with Crippen molar-refractivity contribution in [2.75, 3.05) is 11.4 Å². The molecule has 19 heavy (non-hydrogen) atoms. The van der Waals surface area contributed by atoms with Crippen LogP contribution in [0.2, 0.25) is 0 Å². The van der Waals surface area contributed by atoms with Gasteiger partial charge in [0.25, 0.3) is 0 Å². The molecular weight excluding hydrogens is 241 g/mol. The SMILES string of the molecule is CCN(c1c(F)cccc1C(C)O)C1CCCCC1. The number of halogens is 1. The van der Waals surface area contributed by atoms with E-state index >= 15 is 0 Å². The molecule has 2 rings (SSSR count). The summed E-state index contributed by atoms with van der Waals surface area (Å²) in [5, 5.41) is 9.88. The minimum atomic E-state index is -0.636. The second-order valence-corrected chi connectivity index (χ2v) is 5.43. The molecule has 3 heteroatoms. The Labute approximate surface area is 115 Å². The summed E-state index contributed by atoms with van der Waals surface area (Å²) >= 11 is 0. The molecule has 1 atom stereocenters. The van der Waals surface area contributed by atoms with E-state index in [9.17, 15) is 9.50 Å². The molecule has 106 valence electrons. The first-order valence-corrected chi connectivity index (χ1v) is 7.38. The Morgan fingerprint density at radius 3 is 2.58 bits per heavy atom. The van der Waals surface area contributed by atoms with Crippen LogP contribution in [0.3, 0.4) is 0 Å². The molecule has 0 heterocycles. The molecule has 1 saturated carbocycles. The molecule has 1 aromatic rings. The van der Waals surface area contributed by atoms with Crippen LogP contribution in [0.1, 0.15) is 57.6 Å². The molecule has 0 aliphatic heterocycles. The van der Waals surface area contributed by atoms with Crippen molar-refractivity contribution in [3.05, 3.63) is 29.6 Å². The number of hydrogen-bond acceptors (Lipinski definition) is 2. The minimum absolute atomic E-state index is 0.217. The lowest BCUT2D eigenvalue weighted by molar-refractivity contribution is 0.199. The number of nitrogens with zero attached hydrogens (tertiary/aromatic N) is 1. The van der Waals surface area contributed by atoms with E-state index in [0.717, 1.165) is 19.4 Å². The van der Waals surface area contributed by atoms with E-state index in [4.69, 9.17) is 0 Å². The van der Waals surface area contributed by atoms with Crippen LogP contribution in [0.4, 0.5) is 10.1 Å².